The summed E-state index contributed by atoms with van der Waals surface area (Å²) in [5, 5.41) is 3.04. The standard InChI is InChI=1S/C22H24N2O/c1-17-5-9-19(10-6-17)16-23-22(25)15-21(24-13-3-4-14-24)20-11-7-18(2)8-12-20/h3-14,21H,15-16H2,1-2H3,(H,23,25)/t21-/m1/s1. The van der Waals surface area contributed by atoms with Crippen LogP contribution in [-0.2, 0) is 11.3 Å². The van der Waals surface area contributed by atoms with Crippen molar-refractivity contribution in [2.75, 3.05) is 0 Å². The summed E-state index contributed by atoms with van der Waals surface area (Å²) >= 11 is 0. The maximum Gasteiger partial charge on any atom is 0.222 e. The van der Waals surface area contributed by atoms with Crippen molar-refractivity contribution in [2.24, 2.45) is 0 Å². The Morgan fingerprint density at radius 3 is 2.08 bits per heavy atom. The smallest absolute Gasteiger partial charge is 0.222 e. The molecular formula is C22H24N2O. The van der Waals surface area contributed by atoms with E-state index in [0.29, 0.717) is 13.0 Å². The highest BCUT2D eigenvalue weighted by Gasteiger charge is 2.17. The van der Waals surface area contributed by atoms with E-state index in [1.54, 1.807) is 0 Å². The molecule has 0 fully saturated rings. The molecule has 3 aromatic rings. The number of nitrogens with one attached hydrogen (secondary N) is 1. The first-order valence-corrected chi connectivity index (χ1v) is 8.63. The molecule has 3 rings (SSSR count). The SMILES string of the molecule is Cc1ccc(CNC(=O)C[C@H](c2ccc(C)cc2)n2cccc2)cc1. The second kappa shape index (κ2) is 7.84. The van der Waals surface area contributed by atoms with Gasteiger partial charge in [0.25, 0.3) is 0 Å². The maximum atomic E-state index is 12.5. The zero-order chi connectivity index (χ0) is 17.6. The number of aryl methyl sites for hydroxylation is 2. The van der Waals surface area contributed by atoms with Crippen LogP contribution in [0.5, 0.6) is 0 Å². The Morgan fingerprint density at radius 1 is 0.920 bits per heavy atom. The molecular weight excluding hydrogens is 308 g/mol. The summed E-state index contributed by atoms with van der Waals surface area (Å²) < 4.78 is 2.09. The number of nitrogens with zero attached hydrogens (tertiary/aromatic N) is 1. The molecule has 1 atom stereocenters. The van der Waals surface area contributed by atoms with E-state index < -0.39 is 0 Å². The largest absolute Gasteiger partial charge is 0.352 e. The molecule has 0 aliphatic carbocycles. The number of amides is 1. The Balaban J connectivity index is 1.68. The lowest BCUT2D eigenvalue weighted by Gasteiger charge is -2.19. The summed E-state index contributed by atoms with van der Waals surface area (Å²) in [4.78, 5) is 12.5. The van der Waals surface area contributed by atoms with Gasteiger partial charge >= 0.3 is 0 Å². The predicted molar refractivity (Wildman–Crippen MR) is 101 cm³/mol. The molecule has 2 aromatic carbocycles. The van der Waals surface area contributed by atoms with E-state index in [9.17, 15) is 4.79 Å². The van der Waals surface area contributed by atoms with Crippen molar-refractivity contribution in [1.82, 2.24) is 9.88 Å². The first kappa shape index (κ1) is 17.0. The maximum absolute atomic E-state index is 12.5. The highest BCUT2D eigenvalue weighted by atomic mass is 16.1. The van der Waals surface area contributed by atoms with Crippen LogP contribution in [0.4, 0.5) is 0 Å². The average Bonchev–Trinajstić information content (AvgIpc) is 3.14. The van der Waals surface area contributed by atoms with Crippen molar-refractivity contribution >= 4 is 5.91 Å². The number of benzene rings is 2. The van der Waals surface area contributed by atoms with Gasteiger partial charge in [-0.15, -0.1) is 0 Å². The quantitative estimate of drug-likeness (QED) is 0.713. The predicted octanol–water partition coefficient (Wildman–Crippen LogP) is 4.40. The Bertz CT molecular complexity index is 802. The topological polar surface area (TPSA) is 34.0 Å². The number of hydrogen-bond acceptors (Lipinski definition) is 1. The summed E-state index contributed by atoms with van der Waals surface area (Å²) in [6.45, 7) is 4.69. The van der Waals surface area contributed by atoms with Gasteiger partial charge in [0.2, 0.25) is 5.91 Å². The molecule has 0 aliphatic rings. The molecule has 0 bridgehead atoms. The van der Waals surface area contributed by atoms with Crippen molar-refractivity contribution < 1.29 is 4.79 Å². The molecule has 0 saturated heterocycles. The summed E-state index contributed by atoms with van der Waals surface area (Å²) in [5.74, 6) is 0.0554. The lowest BCUT2D eigenvalue weighted by Crippen LogP contribution is -2.26. The van der Waals surface area contributed by atoms with Gasteiger partial charge in [-0.2, -0.15) is 0 Å². The van der Waals surface area contributed by atoms with Gasteiger partial charge in [0.1, 0.15) is 0 Å². The Labute approximate surface area is 149 Å². The van der Waals surface area contributed by atoms with E-state index in [4.69, 9.17) is 0 Å². The molecule has 0 spiro atoms. The zero-order valence-corrected chi connectivity index (χ0v) is 14.8. The fraction of sp³-hybridized carbons (Fsp3) is 0.227. The van der Waals surface area contributed by atoms with Crippen LogP contribution in [0.3, 0.4) is 0 Å². The van der Waals surface area contributed by atoms with Crippen LogP contribution >= 0.6 is 0 Å². The Kier molecular flexibility index (Phi) is 5.34. The number of carbonyl (C=O) groups excluding carboxylic acids is 1. The lowest BCUT2D eigenvalue weighted by atomic mass is 10.0. The van der Waals surface area contributed by atoms with Gasteiger partial charge in [-0.1, -0.05) is 59.7 Å². The van der Waals surface area contributed by atoms with E-state index >= 15 is 0 Å². The number of aromatic nitrogens is 1. The van der Waals surface area contributed by atoms with E-state index in [2.05, 4.69) is 72.3 Å². The second-order valence-corrected chi connectivity index (χ2v) is 6.52. The molecule has 1 amide bonds. The first-order chi connectivity index (χ1) is 12.1. The first-order valence-electron chi connectivity index (χ1n) is 8.63. The van der Waals surface area contributed by atoms with Crippen molar-refractivity contribution in [1.29, 1.82) is 0 Å². The second-order valence-electron chi connectivity index (χ2n) is 6.52. The Morgan fingerprint density at radius 2 is 1.48 bits per heavy atom. The highest BCUT2D eigenvalue weighted by Crippen LogP contribution is 2.23. The minimum atomic E-state index is 0.00798. The van der Waals surface area contributed by atoms with Gasteiger partial charge in [0.05, 0.1) is 12.5 Å². The van der Waals surface area contributed by atoms with E-state index in [1.807, 2.05) is 24.5 Å². The average molecular weight is 332 g/mol. The van der Waals surface area contributed by atoms with Crippen molar-refractivity contribution in [3.8, 4) is 0 Å². The molecule has 25 heavy (non-hydrogen) atoms. The fourth-order valence-electron chi connectivity index (χ4n) is 2.89. The molecule has 1 N–H and O–H groups in total. The summed E-state index contributed by atoms with van der Waals surface area (Å²) in [7, 11) is 0. The molecule has 1 aromatic heterocycles. The molecule has 0 radical (unpaired) electrons. The van der Waals surface area contributed by atoms with Gasteiger partial charge in [0, 0.05) is 18.9 Å². The Hall–Kier alpha value is -2.81. The van der Waals surface area contributed by atoms with Gasteiger partial charge < -0.3 is 9.88 Å². The van der Waals surface area contributed by atoms with Gasteiger partial charge in [-0.05, 0) is 37.1 Å². The minimum absolute atomic E-state index is 0.00798. The van der Waals surface area contributed by atoms with Crippen LogP contribution in [0.1, 0.15) is 34.7 Å². The number of rotatable bonds is 6. The van der Waals surface area contributed by atoms with E-state index in [0.717, 1.165) is 11.1 Å². The van der Waals surface area contributed by atoms with Crippen LogP contribution in [0.2, 0.25) is 0 Å². The molecule has 3 nitrogen and oxygen atoms in total. The zero-order valence-electron chi connectivity index (χ0n) is 14.8. The highest BCUT2D eigenvalue weighted by molar-refractivity contribution is 5.76. The van der Waals surface area contributed by atoms with Crippen LogP contribution in [0.25, 0.3) is 0 Å². The molecule has 0 unspecified atom stereocenters. The van der Waals surface area contributed by atoms with Crippen LogP contribution in [0.15, 0.2) is 73.1 Å². The van der Waals surface area contributed by atoms with Crippen molar-refractivity contribution in [3.63, 3.8) is 0 Å². The molecule has 0 aliphatic heterocycles. The van der Waals surface area contributed by atoms with Crippen LogP contribution < -0.4 is 5.32 Å². The fourth-order valence-corrected chi connectivity index (χ4v) is 2.89. The van der Waals surface area contributed by atoms with Crippen LogP contribution in [-0.4, -0.2) is 10.5 Å². The molecule has 3 heteroatoms. The summed E-state index contributed by atoms with van der Waals surface area (Å²) in [6.07, 6.45) is 4.44. The number of carbonyl (C=O) groups is 1. The van der Waals surface area contributed by atoms with Gasteiger partial charge in [-0.3, -0.25) is 4.79 Å². The number of hydrogen-bond donors (Lipinski definition) is 1. The lowest BCUT2D eigenvalue weighted by molar-refractivity contribution is -0.121. The molecule has 0 saturated carbocycles. The summed E-state index contributed by atoms with van der Waals surface area (Å²) in [6, 6.07) is 20.6. The van der Waals surface area contributed by atoms with Gasteiger partial charge in [-0.25, -0.2) is 0 Å². The third-order valence-electron chi connectivity index (χ3n) is 4.44. The summed E-state index contributed by atoms with van der Waals surface area (Å²) in [5.41, 5.74) is 4.71. The van der Waals surface area contributed by atoms with E-state index in [-0.39, 0.29) is 11.9 Å². The van der Waals surface area contributed by atoms with Crippen molar-refractivity contribution in [3.05, 3.63) is 95.3 Å². The van der Waals surface area contributed by atoms with Crippen molar-refractivity contribution in [2.45, 2.75) is 32.9 Å². The van der Waals surface area contributed by atoms with Crippen LogP contribution in [0, 0.1) is 13.8 Å². The third kappa shape index (κ3) is 4.60. The molecule has 128 valence electrons. The normalized spacial score (nSPS) is 11.9. The monoisotopic (exact) mass is 332 g/mol. The molecule has 1 heterocycles. The van der Waals surface area contributed by atoms with E-state index in [1.165, 1.54) is 11.1 Å². The van der Waals surface area contributed by atoms with Gasteiger partial charge in [0.15, 0.2) is 0 Å². The minimum Gasteiger partial charge on any atom is -0.352 e. The third-order valence-corrected chi connectivity index (χ3v) is 4.44.